The number of para-hydroxylation sites is 2. The normalized spacial score (nSPS) is 14.4. The van der Waals surface area contributed by atoms with Crippen LogP contribution in [0.3, 0.4) is 0 Å². The molecule has 2 rings (SSSR count). The zero-order chi connectivity index (χ0) is 15.2. The molecule has 21 heavy (non-hydrogen) atoms. The number of hydrogen-bond acceptors (Lipinski definition) is 4. The van der Waals surface area contributed by atoms with Crippen LogP contribution in [0.15, 0.2) is 24.3 Å². The van der Waals surface area contributed by atoms with E-state index in [4.69, 9.17) is 4.74 Å². The maximum absolute atomic E-state index is 11.9. The molecule has 0 atom stereocenters. The minimum atomic E-state index is -0.255. The van der Waals surface area contributed by atoms with Crippen LogP contribution in [0.25, 0.3) is 0 Å². The Morgan fingerprint density at radius 3 is 2.57 bits per heavy atom. The smallest absolute Gasteiger partial charge is 0.229 e. The molecule has 1 aromatic carbocycles. The summed E-state index contributed by atoms with van der Waals surface area (Å²) in [4.78, 5) is 36.0. The highest BCUT2D eigenvalue weighted by molar-refractivity contribution is 6.02. The molecule has 0 spiro atoms. The summed E-state index contributed by atoms with van der Waals surface area (Å²) in [6.07, 6.45) is 0.569. The van der Waals surface area contributed by atoms with E-state index in [-0.39, 0.29) is 43.5 Å². The van der Waals surface area contributed by atoms with Crippen molar-refractivity contribution in [3.63, 3.8) is 0 Å². The number of rotatable bonds is 6. The van der Waals surface area contributed by atoms with Crippen LogP contribution < -0.4 is 10.1 Å². The van der Waals surface area contributed by atoms with Crippen molar-refractivity contribution in [2.45, 2.75) is 26.2 Å². The van der Waals surface area contributed by atoms with E-state index < -0.39 is 0 Å². The summed E-state index contributed by atoms with van der Waals surface area (Å²) < 4.78 is 5.42. The van der Waals surface area contributed by atoms with E-state index in [0.717, 1.165) is 4.90 Å². The van der Waals surface area contributed by atoms with Crippen molar-refractivity contribution in [3.05, 3.63) is 24.3 Å². The minimum absolute atomic E-state index is 0.0813. The molecule has 0 saturated carbocycles. The molecule has 1 aliphatic rings. The van der Waals surface area contributed by atoms with Crippen molar-refractivity contribution >= 4 is 23.4 Å². The first-order valence-electron chi connectivity index (χ1n) is 6.96. The Morgan fingerprint density at radius 2 is 1.90 bits per heavy atom. The van der Waals surface area contributed by atoms with E-state index in [9.17, 15) is 14.4 Å². The standard InChI is InChI=1S/C15H18N2O4/c1-2-21-12-6-4-3-5-11(12)16-13(18)9-10-17-14(19)7-8-15(17)20/h3-6H,2,7-10H2,1H3,(H,16,18). The third kappa shape index (κ3) is 3.81. The van der Waals surface area contributed by atoms with Crippen molar-refractivity contribution in [1.82, 2.24) is 4.90 Å². The van der Waals surface area contributed by atoms with Crippen LogP contribution in [0.5, 0.6) is 5.75 Å². The first-order chi connectivity index (χ1) is 10.1. The maximum atomic E-state index is 11.9. The van der Waals surface area contributed by atoms with Gasteiger partial charge in [-0.05, 0) is 19.1 Å². The predicted molar refractivity (Wildman–Crippen MR) is 76.8 cm³/mol. The molecule has 0 radical (unpaired) electrons. The number of nitrogens with zero attached hydrogens (tertiary/aromatic N) is 1. The number of anilines is 1. The van der Waals surface area contributed by atoms with Gasteiger partial charge in [0.15, 0.2) is 0 Å². The third-order valence-corrected chi connectivity index (χ3v) is 3.18. The van der Waals surface area contributed by atoms with Crippen molar-refractivity contribution in [3.8, 4) is 5.75 Å². The van der Waals surface area contributed by atoms with Crippen LogP contribution in [-0.2, 0) is 14.4 Å². The molecule has 1 fully saturated rings. The van der Waals surface area contributed by atoms with Gasteiger partial charge in [0.05, 0.1) is 12.3 Å². The number of nitrogens with one attached hydrogen (secondary N) is 1. The van der Waals surface area contributed by atoms with E-state index >= 15 is 0 Å². The molecule has 6 heteroatoms. The highest BCUT2D eigenvalue weighted by atomic mass is 16.5. The Kier molecular flexibility index (Phi) is 4.92. The molecule has 112 valence electrons. The number of ether oxygens (including phenoxy) is 1. The number of carbonyl (C=O) groups excluding carboxylic acids is 3. The van der Waals surface area contributed by atoms with Gasteiger partial charge in [0, 0.05) is 25.8 Å². The molecule has 0 aromatic heterocycles. The Balaban J connectivity index is 1.90. The van der Waals surface area contributed by atoms with Gasteiger partial charge in [0.2, 0.25) is 17.7 Å². The van der Waals surface area contributed by atoms with Crippen molar-refractivity contribution in [1.29, 1.82) is 0 Å². The number of benzene rings is 1. The average Bonchev–Trinajstić information content (AvgIpc) is 2.78. The van der Waals surface area contributed by atoms with Crippen LogP contribution in [0.1, 0.15) is 26.2 Å². The summed E-state index contributed by atoms with van der Waals surface area (Å²) in [6, 6.07) is 7.13. The molecule has 0 unspecified atom stereocenters. The fraction of sp³-hybridized carbons (Fsp3) is 0.400. The van der Waals surface area contributed by atoms with Crippen LogP contribution in [0.2, 0.25) is 0 Å². The predicted octanol–water partition coefficient (Wildman–Crippen LogP) is 1.56. The lowest BCUT2D eigenvalue weighted by atomic mass is 10.2. The number of carbonyl (C=O) groups is 3. The first kappa shape index (κ1) is 15.0. The Morgan fingerprint density at radius 1 is 1.24 bits per heavy atom. The topological polar surface area (TPSA) is 75.7 Å². The second kappa shape index (κ2) is 6.88. The van der Waals surface area contributed by atoms with Crippen LogP contribution in [0.4, 0.5) is 5.69 Å². The number of hydrogen-bond donors (Lipinski definition) is 1. The van der Waals surface area contributed by atoms with Gasteiger partial charge < -0.3 is 10.1 Å². The fourth-order valence-corrected chi connectivity index (χ4v) is 2.15. The van der Waals surface area contributed by atoms with Crippen molar-refractivity contribution in [2.75, 3.05) is 18.5 Å². The van der Waals surface area contributed by atoms with Gasteiger partial charge in [0.1, 0.15) is 5.75 Å². The minimum Gasteiger partial charge on any atom is -0.492 e. The van der Waals surface area contributed by atoms with E-state index in [0.29, 0.717) is 18.0 Å². The fourth-order valence-electron chi connectivity index (χ4n) is 2.15. The molecule has 0 aliphatic carbocycles. The van der Waals surface area contributed by atoms with E-state index in [1.165, 1.54) is 0 Å². The summed E-state index contributed by atoms with van der Waals surface area (Å²) in [7, 11) is 0. The lowest BCUT2D eigenvalue weighted by molar-refractivity contribution is -0.138. The molecular formula is C15H18N2O4. The molecule has 1 heterocycles. The third-order valence-electron chi connectivity index (χ3n) is 3.18. The van der Waals surface area contributed by atoms with Crippen LogP contribution in [-0.4, -0.2) is 35.8 Å². The number of imide groups is 1. The lowest BCUT2D eigenvalue weighted by Crippen LogP contribution is -2.32. The SMILES string of the molecule is CCOc1ccccc1NC(=O)CCN1C(=O)CCC1=O. The van der Waals surface area contributed by atoms with Crippen molar-refractivity contribution < 1.29 is 19.1 Å². The highest BCUT2D eigenvalue weighted by Crippen LogP contribution is 2.23. The molecular weight excluding hydrogens is 272 g/mol. The van der Waals surface area contributed by atoms with Gasteiger partial charge in [-0.1, -0.05) is 12.1 Å². The van der Waals surface area contributed by atoms with E-state index in [1.54, 1.807) is 18.2 Å². The van der Waals surface area contributed by atoms with Crippen LogP contribution in [0, 0.1) is 0 Å². The Hall–Kier alpha value is -2.37. The summed E-state index contributed by atoms with van der Waals surface area (Å²) in [5.41, 5.74) is 0.587. The quantitative estimate of drug-likeness (QED) is 0.807. The zero-order valence-electron chi connectivity index (χ0n) is 11.9. The highest BCUT2D eigenvalue weighted by Gasteiger charge is 2.28. The molecule has 3 amide bonds. The number of amides is 3. The Labute approximate surface area is 123 Å². The summed E-state index contributed by atoms with van der Waals surface area (Å²) >= 11 is 0. The monoisotopic (exact) mass is 290 g/mol. The summed E-state index contributed by atoms with van der Waals surface area (Å²) in [5, 5.41) is 2.74. The molecule has 6 nitrogen and oxygen atoms in total. The lowest BCUT2D eigenvalue weighted by Gasteiger charge is -2.14. The number of likely N-dealkylation sites (tertiary alicyclic amines) is 1. The molecule has 1 saturated heterocycles. The van der Waals surface area contributed by atoms with Crippen LogP contribution >= 0.6 is 0 Å². The summed E-state index contributed by atoms with van der Waals surface area (Å²) in [5.74, 6) is -0.0682. The molecule has 0 bridgehead atoms. The van der Waals surface area contributed by atoms with Gasteiger partial charge in [-0.15, -0.1) is 0 Å². The van der Waals surface area contributed by atoms with Gasteiger partial charge in [-0.3, -0.25) is 19.3 Å². The van der Waals surface area contributed by atoms with E-state index in [2.05, 4.69) is 5.32 Å². The zero-order valence-corrected chi connectivity index (χ0v) is 11.9. The van der Waals surface area contributed by atoms with Gasteiger partial charge >= 0.3 is 0 Å². The first-order valence-corrected chi connectivity index (χ1v) is 6.96. The molecule has 1 aromatic rings. The average molecular weight is 290 g/mol. The largest absolute Gasteiger partial charge is 0.492 e. The molecule has 1 aliphatic heterocycles. The maximum Gasteiger partial charge on any atom is 0.229 e. The van der Waals surface area contributed by atoms with Crippen molar-refractivity contribution in [2.24, 2.45) is 0 Å². The second-order valence-electron chi connectivity index (χ2n) is 4.67. The van der Waals surface area contributed by atoms with Gasteiger partial charge in [0.25, 0.3) is 0 Å². The second-order valence-corrected chi connectivity index (χ2v) is 4.67. The van der Waals surface area contributed by atoms with E-state index in [1.807, 2.05) is 13.0 Å². The summed E-state index contributed by atoms with van der Waals surface area (Å²) in [6.45, 7) is 2.49. The Bertz CT molecular complexity index is 540. The van der Waals surface area contributed by atoms with Gasteiger partial charge in [-0.2, -0.15) is 0 Å². The van der Waals surface area contributed by atoms with Gasteiger partial charge in [-0.25, -0.2) is 0 Å². The molecule has 1 N–H and O–H groups in total.